The van der Waals surface area contributed by atoms with E-state index >= 15 is 0 Å². The third-order valence-electron chi connectivity index (χ3n) is 5.24. The first-order valence-corrected chi connectivity index (χ1v) is 9.87. The maximum absolute atomic E-state index is 12.4. The lowest BCUT2D eigenvalue weighted by Crippen LogP contribution is -2.29. The lowest BCUT2D eigenvalue weighted by molar-refractivity contribution is 0.0946. The number of benzene rings is 2. The molecule has 0 saturated carbocycles. The van der Waals surface area contributed by atoms with Crippen LogP contribution in [0.2, 0.25) is 0 Å². The average Bonchev–Trinajstić information content (AvgIpc) is 3.29. The van der Waals surface area contributed by atoms with Crippen molar-refractivity contribution in [1.29, 1.82) is 0 Å². The largest absolute Gasteiger partial charge is 0.497 e. The Bertz CT molecular complexity index is 961. The van der Waals surface area contributed by atoms with Gasteiger partial charge in [0.15, 0.2) is 5.69 Å². The van der Waals surface area contributed by atoms with Crippen molar-refractivity contribution < 1.29 is 9.53 Å². The van der Waals surface area contributed by atoms with E-state index in [4.69, 9.17) is 4.74 Å². The van der Waals surface area contributed by atoms with Gasteiger partial charge in [0.2, 0.25) is 0 Å². The number of aromatic nitrogens is 3. The predicted molar refractivity (Wildman–Crippen MR) is 111 cm³/mol. The summed E-state index contributed by atoms with van der Waals surface area (Å²) in [7, 11) is 1.66. The molecule has 2 N–H and O–H groups in total. The minimum atomic E-state index is -0.206. The van der Waals surface area contributed by atoms with Gasteiger partial charge in [0.25, 0.3) is 5.91 Å². The Morgan fingerprint density at radius 1 is 1.17 bits per heavy atom. The SMILES string of the molecule is COc1cccc(-c2ccc(CNC(=O)c3cn(C4CCNCC4)nn3)cc2)c1. The summed E-state index contributed by atoms with van der Waals surface area (Å²) in [6, 6.07) is 16.4. The Morgan fingerprint density at radius 3 is 2.72 bits per heavy atom. The number of nitrogens with one attached hydrogen (secondary N) is 2. The van der Waals surface area contributed by atoms with Crippen molar-refractivity contribution in [2.75, 3.05) is 20.2 Å². The molecule has 0 radical (unpaired) electrons. The fraction of sp³-hybridized carbons (Fsp3) is 0.318. The van der Waals surface area contributed by atoms with Crippen molar-refractivity contribution in [2.45, 2.75) is 25.4 Å². The maximum atomic E-state index is 12.4. The Kier molecular flexibility index (Phi) is 5.86. The van der Waals surface area contributed by atoms with E-state index in [2.05, 4.69) is 20.9 Å². The second-order valence-corrected chi connectivity index (χ2v) is 7.18. The van der Waals surface area contributed by atoms with Gasteiger partial charge in [0.05, 0.1) is 19.3 Å². The minimum absolute atomic E-state index is 0.206. The second-order valence-electron chi connectivity index (χ2n) is 7.18. The highest BCUT2D eigenvalue weighted by Crippen LogP contribution is 2.24. The first-order chi connectivity index (χ1) is 14.2. The Morgan fingerprint density at radius 2 is 1.97 bits per heavy atom. The zero-order valence-electron chi connectivity index (χ0n) is 16.5. The van der Waals surface area contributed by atoms with Gasteiger partial charge in [-0.25, -0.2) is 4.68 Å². The van der Waals surface area contributed by atoms with Crippen molar-refractivity contribution >= 4 is 5.91 Å². The summed E-state index contributed by atoms with van der Waals surface area (Å²) < 4.78 is 7.10. The smallest absolute Gasteiger partial charge is 0.273 e. The van der Waals surface area contributed by atoms with Crippen LogP contribution in [-0.2, 0) is 6.54 Å². The lowest BCUT2D eigenvalue weighted by atomic mass is 10.0. The number of rotatable bonds is 6. The first-order valence-electron chi connectivity index (χ1n) is 9.87. The monoisotopic (exact) mass is 391 g/mol. The first kappa shape index (κ1) is 19.1. The van der Waals surface area contributed by atoms with Gasteiger partial charge in [-0.3, -0.25) is 4.79 Å². The van der Waals surface area contributed by atoms with Crippen molar-refractivity contribution in [3.63, 3.8) is 0 Å². The van der Waals surface area contributed by atoms with Crippen LogP contribution in [0.1, 0.15) is 34.9 Å². The number of carbonyl (C=O) groups is 1. The van der Waals surface area contributed by atoms with E-state index < -0.39 is 0 Å². The van der Waals surface area contributed by atoms with Crippen LogP contribution in [0.3, 0.4) is 0 Å². The zero-order valence-corrected chi connectivity index (χ0v) is 16.5. The molecule has 3 aromatic rings. The molecular formula is C22H25N5O2. The molecule has 1 aliphatic rings. The molecule has 7 nitrogen and oxygen atoms in total. The van der Waals surface area contributed by atoms with E-state index in [1.54, 1.807) is 13.3 Å². The summed E-state index contributed by atoms with van der Waals surface area (Å²) >= 11 is 0. The number of carbonyl (C=O) groups excluding carboxylic acids is 1. The van der Waals surface area contributed by atoms with Gasteiger partial charge in [0, 0.05) is 6.54 Å². The summed E-state index contributed by atoms with van der Waals surface area (Å²) in [6.45, 7) is 2.38. The molecule has 1 saturated heterocycles. The molecule has 1 aromatic heterocycles. The van der Waals surface area contributed by atoms with E-state index in [0.29, 0.717) is 18.3 Å². The highest BCUT2D eigenvalue weighted by molar-refractivity contribution is 5.91. The van der Waals surface area contributed by atoms with E-state index in [1.165, 1.54) is 0 Å². The molecular weight excluding hydrogens is 366 g/mol. The van der Waals surface area contributed by atoms with Crippen molar-refractivity contribution in [2.24, 2.45) is 0 Å². The van der Waals surface area contributed by atoms with Crippen LogP contribution in [0, 0.1) is 0 Å². The number of ether oxygens (including phenoxy) is 1. The van der Waals surface area contributed by atoms with Crippen molar-refractivity contribution in [1.82, 2.24) is 25.6 Å². The van der Waals surface area contributed by atoms with Crippen molar-refractivity contribution in [3.05, 3.63) is 66.0 Å². The molecule has 150 valence electrons. The van der Waals surface area contributed by atoms with Crippen LogP contribution in [-0.4, -0.2) is 41.1 Å². The molecule has 4 rings (SSSR count). The topological polar surface area (TPSA) is 81.1 Å². The molecule has 29 heavy (non-hydrogen) atoms. The number of methoxy groups -OCH3 is 1. The van der Waals surface area contributed by atoms with Crippen LogP contribution >= 0.6 is 0 Å². The molecule has 1 aliphatic heterocycles. The normalized spacial score (nSPS) is 14.5. The zero-order chi connectivity index (χ0) is 20.1. The fourth-order valence-electron chi connectivity index (χ4n) is 3.52. The standard InChI is InChI=1S/C22H25N5O2/c1-29-20-4-2-3-18(13-20)17-7-5-16(6-8-17)14-24-22(28)21-15-27(26-25-21)19-9-11-23-12-10-19/h2-8,13,15,19,23H,9-12,14H2,1H3,(H,24,28). The molecule has 0 spiro atoms. The Hall–Kier alpha value is -3.19. The van der Waals surface area contributed by atoms with Crippen LogP contribution in [0.15, 0.2) is 54.7 Å². The summed E-state index contributed by atoms with van der Waals surface area (Å²) in [5.74, 6) is 0.624. The quantitative estimate of drug-likeness (QED) is 0.675. The molecule has 0 atom stereocenters. The number of hydrogen-bond donors (Lipinski definition) is 2. The fourth-order valence-corrected chi connectivity index (χ4v) is 3.52. The predicted octanol–water partition coefficient (Wildman–Crippen LogP) is 2.81. The number of nitrogens with zero attached hydrogens (tertiary/aromatic N) is 3. The van der Waals surface area contributed by atoms with Gasteiger partial charge in [0.1, 0.15) is 5.75 Å². The van der Waals surface area contributed by atoms with Crippen molar-refractivity contribution in [3.8, 4) is 16.9 Å². The molecule has 0 bridgehead atoms. The molecule has 0 unspecified atom stereocenters. The second kappa shape index (κ2) is 8.87. The Balaban J connectivity index is 1.35. The summed E-state index contributed by atoms with van der Waals surface area (Å²) in [6.07, 6.45) is 3.76. The van der Waals surface area contributed by atoms with E-state index in [0.717, 1.165) is 48.4 Å². The van der Waals surface area contributed by atoms with Gasteiger partial charge in [-0.15, -0.1) is 5.10 Å². The van der Waals surface area contributed by atoms with Crippen LogP contribution in [0.25, 0.3) is 11.1 Å². The van der Waals surface area contributed by atoms with Gasteiger partial charge < -0.3 is 15.4 Å². The average molecular weight is 391 g/mol. The maximum Gasteiger partial charge on any atom is 0.273 e. The molecule has 2 heterocycles. The highest BCUT2D eigenvalue weighted by atomic mass is 16.5. The molecule has 1 fully saturated rings. The third-order valence-corrected chi connectivity index (χ3v) is 5.24. The summed E-state index contributed by atoms with van der Waals surface area (Å²) in [4.78, 5) is 12.4. The minimum Gasteiger partial charge on any atom is -0.497 e. The Labute approximate surface area is 170 Å². The molecule has 0 aliphatic carbocycles. The number of amides is 1. The summed E-state index contributed by atoms with van der Waals surface area (Å²) in [5.41, 5.74) is 3.57. The van der Waals surface area contributed by atoms with Gasteiger partial charge in [-0.05, 0) is 54.8 Å². The molecule has 7 heteroatoms. The van der Waals surface area contributed by atoms with Crippen LogP contribution < -0.4 is 15.4 Å². The van der Waals surface area contributed by atoms with E-state index in [1.807, 2.05) is 53.2 Å². The van der Waals surface area contributed by atoms with Gasteiger partial charge >= 0.3 is 0 Å². The highest BCUT2D eigenvalue weighted by Gasteiger charge is 2.18. The lowest BCUT2D eigenvalue weighted by Gasteiger charge is -2.22. The van der Waals surface area contributed by atoms with Crippen LogP contribution in [0.4, 0.5) is 0 Å². The third kappa shape index (κ3) is 4.63. The summed E-state index contributed by atoms with van der Waals surface area (Å²) in [5, 5.41) is 14.4. The van der Waals surface area contributed by atoms with Crippen LogP contribution in [0.5, 0.6) is 5.75 Å². The number of hydrogen-bond acceptors (Lipinski definition) is 5. The van der Waals surface area contributed by atoms with E-state index in [-0.39, 0.29) is 5.91 Å². The van der Waals surface area contributed by atoms with E-state index in [9.17, 15) is 4.79 Å². The number of piperidine rings is 1. The van der Waals surface area contributed by atoms with Gasteiger partial charge in [-0.1, -0.05) is 41.6 Å². The van der Waals surface area contributed by atoms with Gasteiger partial charge in [-0.2, -0.15) is 0 Å². The molecule has 2 aromatic carbocycles. The molecule has 1 amide bonds.